The summed E-state index contributed by atoms with van der Waals surface area (Å²) in [4.78, 5) is 7.89. The van der Waals surface area contributed by atoms with Gasteiger partial charge < -0.3 is 7.43 Å². The van der Waals surface area contributed by atoms with Crippen LogP contribution in [-0.4, -0.2) is 25.5 Å². The first-order valence-corrected chi connectivity index (χ1v) is 2.59. The zero-order valence-electron chi connectivity index (χ0n) is 7.21. The molecule has 0 amide bonds. The Morgan fingerprint density at radius 2 is 1.10 bits per heavy atom. The van der Waals surface area contributed by atoms with Crippen LogP contribution in [0.1, 0.15) is 13.8 Å². The van der Waals surface area contributed by atoms with Crippen molar-refractivity contribution in [3.63, 3.8) is 0 Å². The fraction of sp³-hybridized carbons (Fsp3) is 0.571. The average molecular weight is 186 g/mol. The quantitative estimate of drug-likeness (QED) is 0.337. The summed E-state index contributed by atoms with van der Waals surface area (Å²) in [7, 11) is 3.54. The molecule has 0 radical (unpaired) electrons. The molecule has 0 fully saturated rings. The van der Waals surface area contributed by atoms with E-state index < -0.39 is 0 Å². The van der Waals surface area contributed by atoms with Crippen LogP contribution in [0.15, 0.2) is 9.98 Å². The summed E-state index contributed by atoms with van der Waals surface area (Å²) in [6.45, 7) is 3.89. The van der Waals surface area contributed by atoms with E-state index in [1.165, 1.54) is 0 Å². The molecule has 2 nitrogen and oxygen atoms in total. The van der Waals surface area contributed by atoms with Gasteiger partial charge in [0.25, 0.3) is 0 Å². The molecule has 0 N–H and O–H groups in total. The Kier molecular flexibility index (Phi) is 14.5. The van der Waals surface area contributed by atoms with Crippen LogP contribution in [0.25, 0.3) is 0 Å². The third-order valence-corrected chi connectivity index (χ3v) is 1.19. The normalized spacial score (nSPS) is 11.6. The second kappa shape index (κ2) is 8.83. The monoisotopic (exact) mass is 185 g/mol. The van der Waals surface area contributed by atoms with Gasteiger partial charge in [0.1, 0.15) is 0 Å². The van der Waals surface area contributed by atoms with Gasteiger partial charge in [0, 0.05) is 30.6 Å². The van der Waals surface area contributed by atoms with Crippen LogP contribution in [0.2, 0.25) is 0 Å². The maximum Gasteiger partial charge on any atom is 0.0520 e. The van der Waals surface area contributed by atoms with Crippen molar-refractivity contribution in [2.45, 2.75) is 13.8 Å². The van der Waals surface area contributed by atoms with Gasteiger partial charge in [-0.15, -0.1) is 0 Å². The minimum atomic E-state index is 0. The predicted octanol–water partition coefficient (Wildman–Crippen LogP) is 1.62. The van der Waals surface area contributed by atoms with Crippen LogP contribution < -0.4 is 0 Å². The van der Waals surface area contributed by atoms with Crippen LogP contribution in [0.3, 0.4) is 0 Å². The van der Waals surface area contributed by atoms with Gasteiger partial charge >= 0.3 is 0 Å². The molecule has 10 heavy (non-hydrogen) atoms. The standard InChI is InChI=1S/C6H12N2.CH3.Ni/c1-5(7-3)6(2)8-4;;/h1-4H3;1H3;/q;-1;. The van der Waals surface area contributed by atoms with E-state index in [1.807, 2.05) is 13.8 Å². The Labute approximate surface area is 73.8 Å². The Balaban J connectivity index is -0.000000245. The number of nitrogens with zero attached hydrogens (tertiary/aromatic N) is 2. The summed E-state index contributed by atoms with van der Waals surface area (Å²) in [5.74, 6) is 0. The molecule has 0 aliphatic heterocycles. The van der Waals surface area contributed by atoms with Crippen LogP contribution >= 0.6 is 0 Å². The number of aliphatic imine (C=N–C) groups is 2. The predicted molar refractivity (Wildman–Crippen MR) is 44.5 cm³/mol. The fourth-order valence-electron chi connectivity index (χ4n) is 0.324. The molecule has 0 bridgehead atoms. The van der Waals surface area contributed by atoms with Crippen molar-refractivity contribution in [3.05, 3.63) is 7.43 Å². The summed E-state index contributed by atoms with van der Waals surface area (Å²) >= 11 is 0. The smallest absolute Gasteiger partial charge is 0.0520 e. The SMILES string of the molecule is CN=C(C)C(C)=NC.[CH3-].[Ni]. The minimum absolute atomic E-state index is 0. The van der Waals surface area contributed by atoms with Crippen molar-refractivity contribution in [1.82, 2.24) is 0 Å². The van der Waals surface area contributed by atoms with E-state index in [1.54, 1.807) is 14.1 Å². The summed E-state index contributed by atoms with van der Waals surface area (Å²) in [6.07, 6.45) is 0. The summed E-state index contributed by atoms with van der Waals surface area (Å²) < 4.78 is 0. The Morgan fingerprint density at radius 3 is 1.20 bits per heavy atom. The van der Waals surface area contributed by atoms with Gasteiger partial charge in [0.15, 0.2) is 0 Å². The Bertz CT molecular complexity index is 112. The first-order chi connectivity index (χ1) is 3.72. The minimum Gasteiger partial charge on any atom is -0.358 e. The number of rotatable bonds is 1. The molecule has 0 unspecified atom stereocenters. The zero-order chi connectivity index (χ0) is 6.57. The third-order valence-electron chi connectivity index (χ3n) is 1.19. The van der Waals surface area contributed by atoms with Crippen LogP contribution in [0.5, 0.6) is 0 Å². The molecular formula is C7H15N2Ni-. The molecule has 0 aromatic rings. The molecule has 3 heteroatoms. The second-order valence-corrected chi connectivity index (χ2v) is 1.62. The summed E-state index contributed by atoms with van der Waals surface area (Å²) in [5, 5.41) is 0. The molecule has 0 rings (SSSR count). The van der Waals surface area contributed by atoms with E-state index in [0.717, 1.165) is 11.4 Å². The van der Waals surface area contributed by atoms with Gasteiger partial charge in [0.05, 0.1) is 11.4 Å². The summed E-state index contributed by atoms with van der Waals surface area (Å²) in [5.41, 5.74) is 2.01. The van der Waals surface area contributed by atoms with E-state index in [4.69, 9.17) is 0 Å². The van der Waals surface area contributed by atoms with Crippen LogP contribution in [0, 0.1) is 7.43 Å². The molecule has 0 saturated carbocycles. The molecule has 0 spiro atoms. The summed E-state index contributed by atoms with van der Waals surface area (Å²) in [6, 6.07) is 0. The van der Waals surface area contributed by atoms with Gasteiger partial charge in [-0.25, -0.2) is 0 Å². The molecule has 0 aromatic heterocycles. The maximum atomic E-state index is 3.95. The third kappa shape index (κ3) is 5.96. The molecule has 64 valence electrons. The van der Waals surface area contributed by atoms with Crippen LogP contribution in [-0.2, 0) is 16.5 Å². The molecule has 0 aromatic carbocycles. The molecule has 0 saturated heterocycles. The van der Waals surface area contributed by atoms with E-state index in [-0.39, 0.29) is 23.9 Å². The molecule has 0 aliphatic rings. The van der Waals surface area contributed by atoms with Gasteiger partial charge in [-0.05, 0) is 13.8 Å². The molecular weight excluding hydrogens is 171 g/mol. The van der Waals surface area contributed by atoms with E-state index in [9.17, 15) is 0 Å². The first-order valence-electron chi connectivity index (χ1n) is 2.59. The van der Waals surface area contributed by atoms with E-state index in [2.05, 4.69) is 9.98 Å². The van der Waals surface area contributed by atoms with E-state index in [0.29, 0.717) is 0 Å². The van der Waals surface area contributed by atoms with Crippen molar-refractivity contribution in [2.24, 2.45) is 9.98 Å². The zero-order valence-corrected chi connectivity index (χ0v) is 8.20. The maximum absolute atomic E-state index is 3.95. The number of hydrogen-bond donors (Lipinski definition) is 0. The number of hydrogen-bond acceptors (Lipinski definition) is 2. The fourth-order valence-corrected chi connectivity index (χ4v) is 0.324. The topological polar surface area (TPSA) is 24.7 Å². The van der Waals surface area contributed by atoms with Crippen molar-refractivity contribution in [1.29, 1.82) is 0 Å². The second-order valence-electron chi connectivity index (χ2n) is 1.62. The molecule has 0 heterocycles. The van der Waals surface area contributed by atoms with Gasteiger partial charge in [-0.3, -0.25) is 9.98 Å². The first kappa shape index (κ1) is 16.4. The molecule has 0 atom stereocenters. The van der Waals surface area contributed by atoms with Gasteiger partial charge in [-0.2, -0.15) is 0 Å². The van der Waals surface area contributed by atoms with Crippen molar-refractivity contribution in [2.75, 3.05) is 14.1 Å². The van der Waals surface area contributed by atoms with Crippen molar-refractivity contribution < 1.29 is 16.5 Å². The van der Waals surface area contributed by atoms with E-state index >= 15 is 0 Å². The average Bonchev–Trinajstić information content (AvgIpc) is 1.84. The van der Waals surface area contributed by atoms with Crippen molar-refractivity contribution >= 4 is 11.4 Å². The molecule has 0 aliphatic carbocycles. The van der Waals surface area contributed by atoms with Gasteiger partial charge in [0.2, 0.25) is 0 Å². The Hall–Kier alpha value is -0.166. The van der Waals surface area contributed by atoms with Crippen LogP contribution in [0.4, 0.5) is 0 Å². The largest absolute Gasteiger partial charge is 0.358 e. The van der Waals surface area contributed by atoms with Crippen molar-refractivity contribution in [3.8, 4) is 0 Å². The Morgan fingerprint density at radius 1 is 0.900 bits per heavy atom. The van der Waals surface area contributed by atoms with Gasteiger partial charge in [-0.1, -0.05) is 0 Å².